The van der Waals surface area contributed by atoms with Crippen LogP contribution in [0.25, 0.3) is 0 Å². The van der Waals surface area contributed by atoms with Gasteiger partial charge >= 0.3 is 0 Å². The molecule has 1 saturated carbocycles. The molecule has 7 heteroatoms. The molecular weight excluding hydrogens is 290 g/mol. The van der Waals surface area contributed by atoms with Gasteiger partial charge in [-0.3, -0.25) is 0 Å². The Balaban J connectivity index is 1.68. The maximum atomic E-state index is 6.04. The molecule has 3 rings (SSSR count). The molecule has 0 atom stereocenters. The first-order chi connectivity index (χ1) is 10.2. The SMILES string of the molecule is COC1(CNc2nc(Cl)nc(N3CCCCC3)n2)CCC1. The maximum absolute atomic E-state index is 6.04. The first-order valence-corrected chi connectivity index (χ1v) is 8.04. The minimum atomic E-state index is -0.0651. The molecule has 1 N–H and O–H groups in total. The molecule has 0 bridgehead atoms. The van der Waals surface area contributed by atoms with Crippen LogP contribution in [0, 0.1) is 0 Å². The summed E-state index contributed by atoms with van der Waals surface area (Å²) < 4.78 is 5.60. The predicted octanol–water partition coefficient (Wildman–Crippen LogP) is 2.50. The van der Waals surface area contributed by atoms with Crippen molar-refractivity contribution in [3.8, 4) is 0 Å². The molecule has 116 valence electrons. The molecule has 2 aliphatic rings. The zero-order chi connectivity index (χ0) is 14.7. The first kappa shape index (κ1) is 14.8. The molecule has 21 heavy (non-hydrogen) atoms. The van der Waals surface area contributed by atoms with Gasteiger partial charge in [0.2, 0.25) is 17.2 Å². The van der Waals surface area contributed by atoms with Gasteiger partial charge in [0.25, 0.3) is 0 Å². The van der Waals surface area contributed by atoms with E-state index in [1.54, 1.807) is 7.11 Å². The number of halogens is 1. The molecule has 2 fully saturated rings. The highest BCUT2D eigenvalue weighted by Crippen LogP contribution is 2.35. The number of hydrogen-bond acceptors (Lipinski definition) is 6. The van der Waals surface area contributed by atoms with Crippen LogP contribution in [0.4, 0.5) is 11.9 Å². The number of nitrogens with one attached hydrogen (secondary N) is 1. The predicted molar refractivity (Wildman–Crippen MR) is 83.0 cm³/mol. The standard InChI is InChI=1S/C14H22ClN5O/c1-21-14(6-5-7-14)10-16-12-17-11(15)18-13(19-12)20-8-3-2-4-9-20/h2-10H2,1H3,(H,16,17,18,19). The van der Waals surface area contributed by atoms with Gasteiger partial charge in [-0.25, -0.2) is 0 Å². The van der Waals surface area contributed by atoms with E-state index in [2.05, 4.69) is 25.2 Å². The van der Waals surface area contributed by atoms with E-state index in [0.717, 1.165) is 25.9 Å². The second-order valence-electron chi connectivity index (χ2n) is 5.87. The van der Waals surface area contributed by atoms with Crippen molar-refractivity contribution in [1.29, 1.82) is 0 Å². The van der Waals surface area contributed by atoms with Crippen molar-refractivity contribution < 1.29 is 4.74 Å². The summed E-state index contributed by atoms with van der Waals surface area (Å²) in [5.41, 5.74) is -0.0651. The van der Waals surface area contributed by atoms with E-state index in [-0.39, 0.29) is 10.9 Å². The second-order valence-corrected chi connectivity index (χ2v) is 6.21. The van der Waals surface area contributed by atoms with Gasteiger partial charge in [-0.15, -0.1) is 0 Å². The topological polar surface area (TPSA) is 63.2 Å². The number of piperidine rings is 1. The van der Waals surface area contributed by atoms with Gasteiger partial charge in [-0.2, -0.15) is 15.0 Å². The Hall–Kier alpha value is -1.14. The van der Waals surface area contributed by atoms with Crippen LogP contribution in [0.5, 0.6) is 0 Å². The summed E-state index contributed by atoms with van der Waals surface area (Å²) in [6, 6.07) is 0. The third-order valence-electron chi connectivity index (χ3n) is 4.50. The van der Waals surface area contributed by atoms with Gasteiger partial charge in [0, 0.05) is 26.7 Å². The molecule has 1 aliphatic heterocycles. The summed E-state index contributed by atoms with van der Waals surface area (Å²) in [6.07, 6.45) is 7.00. The highest BCUT2D eigenvalue weighted by Gasteiger charge is 2.37. The number of ether oxygens (including phenoxy) is 1. The molecular formula is C14H22ClN5O. The number of aromatic nitrogens is 3. The summed E-state index contributed by atoms with van der Waals surface area (Å²) >= 11 is 6.04. The van der Waals surface area contributed by atoms with Crippen molar-refractivity contribution >= 4 is 23.5 Å². The van der Waals surface area contributed by atoms with Crippen molar-refractivity contribution in [3.63, 3.8) is 0 Å². The molecule has 0 aromatic carbocycles. The molecule has 6 nitrogen and oxygen atoms in total. The Kier molecular flexibility index (Phi) is 4.45. The van der Waals surface area contributed by atoms with Gasteiger partial charge in [-0.1, -0.05) is 0 Å². The van der Waals surface area contributed by atoms with Gasteiger partial charge in [0.15, 0.2) is 0 Å². The molecule has 1 aromatic heterocycles. The molecule has 1 aliphatic carbocycles. The Labute approximate surface area is 130 Å². The maximum Gasteiger partial charge on any atom is 0.231 e. The number of methoxy groups -OCH3 is 1. The van der Waals surface area contributed by atoms with Crippen LogP contribution in [-0.2, 0) is 4.74 Å². The monoisotopic (exact) mass is 311 g/mol. The van der Waals surface area contributed by atoms with E-state index in [4.69, 9.17) is 16.3 Å². The fourth-order valence-electron chi connectivity index (χ4n) is 2.92. The summed E-state index contributed by atoms with van der Waals surface area (Å²) in [4.78, 5) is 15.1. The van der Waals surface area contributed by atoms with E-state index >= 15 is 0 Å². The summed E-state index contributed by atoms with van der Waals surface area (Å²) in [5.74, 6) is 1.22. The summed E-state index contributed by atoms with van der Waals surface area (Å²) in [6.45, 7) is 2.69. The van der Waals surface area contributed by atoms with Crippen molar-refractivity contribution in [2.75, 3.05) is 37.0 Å². The van der Waals surface area contributed by atoms with E-state index in [0.29, 0.717) is 18.4 Å². The van der Waals surface area contributed by atoms with E-state index in [1.807, 2.05) is 0 Å². The molecule has 0 radical (unpaired) electrons. The summed E-state index contributed by atoms with van der Waals surface area (Å²) in [7, 11) is 1.76. The lowest BCUT2D eigenvalue weighted by Crippen LogP contribution is -2.45. The second kappa shape index (κ2) is 6.32. The van der Waals surface area contributed by atoms with Gasteiger partial charge < -0.3 is 15.0 Å². The Bertz CT molecular complexity index is 483. The van der Waals surface area contributed by atoms with Crippen molar-refractivity contribution in [2.24, 2.45) is 0 Å². The lowest BCUT2D eigenvalue weighted by atomic mass is 9.80. The van der Waals surface area contributed by atoms with Gasteiger partial charge in [0.05, 0.1) is 5.60 Å². The Morgan fingerprint density at radius 2 is 1.90 bits per heavy atom. The molecule has 1 aromatic rings. The zero-order valence-corrected chi connectivity index (χ0v) is 13.2. The third kappa shape index (κ3) is 3.37. The number of hydrogen-bond donors (Lipinski definition) is 1. The number of nitrogens with zero attached hydrogens (tertiary/aromatic N) is 4. The van der Waals surface area contributed by atoms with Crippen LogP contribution in [0.1, 0.15) is 38.5 Å². The quantitative estimate of drug-likeness (QED) is 0.901. The highest BCUT2D eigenvalue weighted by molar-refractivity contribution is 6.28. The fourth-order valence-corrected chi connectivity index (χ4v) is 3.07. The Morgan fingerprint density at radius 3 is 2.52 bits per heavy atom. The third-order valence-corrected chi connectivity index (χ3v) is 4.67. The minimum Gasteiger partial charge on any atom is -0.376 e. The summed E-state index contributed by atoms with van der Waals surface area (Å²) in [5, 5.41) is 3.50. The normalized spacial score (nSPS) is 21.0. The molecule has 0 spiro atoms. The fraction of sp³-hybridized carbons (Fsp3) is 0.786. The van der Waals surface area contributed by atoms with Crippen LogP contribution in [0.3, 0.4) is 0 Å². The van der Waals surface area contributed by atoms with Crippen molar-refractivity contribution in [3.05, 3.63) is 5.28 Å². The number of anilines is 2. The van der Waals surface area contributed by atoms with E-state index in [9.17, 15) is 0 Å². The molecule has 2 heterocycles. The van der Waals surface area contributed by atoms with Crippen LogP contribution >= 0.6 is 11.6 Å². The van der Waals surface area contributed by atoms with Crippen LogP contribution in [-0.4, -0.2) is 47.3 Å². The lowest BCUT2D eigenvalue weighted by molar-refractivity contribution is -0.0602. The average Bonchev–Trinajstić information content (AvgIpc) is 2.47. The van der Waals surface area contributed by atoms with Crippen LogP contribution in [0.15, 0.2) is 0 Å². The minimum absolute atomic E-state index is 0.0651. The first-order valence-electron chi connectivity index (χ1n) is 7.66. The smallest absolute Gasteiger partial charge is 0.231 e. The highest BCUT2D eigenvalue weighted by atomic mass is 35.5. The van der Waals surface area contributed by atoms with E-state index in [1.165, 1.54) is 25.7 Å². The lowest BCUT2D eigenvalue weighted by Gasteiger charge is -2.40. The Morgan fingerprint density at radius 1 is 1.14 bits per heavy atom. The van der Waals surface area contributed by atoms with Gasteiger partial charge in [0.1, 0.15) is 0 Å². The molecule has 0 amide bonds. The van der Waals surface area contributed by atoms with Crippen molar-refractivity contribution in [2.45, 2.75) is 44.1 Å². The van der Waals surface area contributed by atoms with E-state index < -0.39 is 0 Å². The van der Waals surface area contributed by atoms with Crippen LogP contribution < -0.4 is 10.2 Å². The molecule has 0 unspecified atom stereocenters. The van der Waals surface area contributed by atoms with Crippen molar-refractivity contribution in [1.82, 2.24) is 15.0 Å². The van der Waals surface area contributed by atoms with Gasteiger partial charge in [-0.05, 0) is 50.1 Å². The molecule has 1 saturated heterocycles. The number of rotatable bonds is 5. The van der Waals surface area contributed by atoms with Crippen LogP contribution in [0.2, 0.25) is 5.28 Å². The average molecular weight is 312 g/mol. The largest absolute Gasteiger partial charge is 0.376 e. The zero-order valence-electron chi connectivity index (χ0n) is 12.4.